The van der Waals surface area contributed by atoms with Gasteiger partial charge in [0.2, 0.25) is 0 Å². The Hall–Kier alpha value is -1.05. The van der Waals surface area contributed by atoms with Crippen LogP contribution in [0.4, 0.5) is 0 Å². The highest BCUT2D eigenvalue weighted by Crippen LogP contribution is 2.38. The molecule has 2 atom stereocenters. The Kier molecular flexibility index (Phi) is 11.6. The second-order valence-electron chi connectivity index (χ2n) is 7.06. The second kappa shape index (κ2) is 13.4. The first kappa shape index (κ1) is 20.0. The summed E-state index contributed by atoms with van der Waals surface area (Å²) >= 11 is 0. The smallest absolute Gasteiger partial charge is 0.328 e. The topological polar surface area (TPSA) is 37.3 Å². The summed E-state index contributed by atoms with van der Waals surface area (Å²) < 4.78 is 0. The highest BCUT2D eigenvalue weighted by atomic mass is 16.4. The van der Waals surface area contributed by atoms with E-state index in [1.54, 1.807) is 6.08 Å². The number of carboxylic acid groups (broad SMARTS) is 1. The van der Waals surface area contributed by atoms with Crippen LogP contribution in [0.25, 0.3) is 0 Å². The lowest BCUT2D eigenvalue weighted by Gasteiger charge is -2.19. The van der Waals surface area contributed by atoms with E-state index in [9.17, 15) is 4.79 Å². The van der Waals surface area contributed by atoms with E-state index in [-0.39, 0.29) is 0 Å². The Morgan fingerprint density at radius 1 is 0.957 bits per heavy atom. The van der Waals surface area contributed by atoms with Crippen LogP contribution in [0.15, 0.2) is 24.3 Å². The standard InChI is InChI=1S/C21H36O2/c1-2-3-4-5-7-10-14-19-16-13-17-20(19)15-11-8-6-9-12-18-21(22)23/h6,9,12,18-20H,2-5,7-8,10-11,13-17H2,1H3,(H,22,23)/b9-6+,18-12?/t19-,20-/m0/s1. The van der Waals surface area contributed by atoms with Crippen LogP contribution in [0.3, 0.4) is 0 Å². The third-order valence-corrected chi connectivity index (χ3v) is 5.18. The highest BCUT2D eigenvalue weighted by molar-refractivity contribution is 5.80. The zero-order chi connectivity index (χ0) is 16.8. The minimum absolute atomic E-state index is 0.877. The molecule has 0 aromatic heterocycles. The van der Waals surface area contributed by atoms with Gasteiger partial charge in [-0.15, -0.1) is 0 Å². The summed E-state index contributed by atoms with van der Waals surface area (Å²) in [5.74, 6) is 1.06. The molecule has 0 radical (unpaired) electrons. The highest BCUT2D eigenvalue weighted by Gasteiger charge is 2.25. The van der Waals surface area contributed by atoms with Gasteiger partial charge in [-0.3, -0.25) is 0 Å². The largest absolute Gasteiger partial charge is 0.478 e. The van der Waals surface area contributed by atoms with Crippen LogP contribution in [0.2, 0.25) is 0 Å². The summed E-state index contributed by atoms with van der Waals surface area (Å²) in [5, 5.41) is 8.50. The average molecular weight is 321 g/mol. The molecule has 23 heavy (non-hydrogen) atoms. The number of carboxylic acids is 1. The summed E-state index contributed by atoms with van der Waals surface area (Å²) in [4.78, 5) is 10.3. The Morgan fingerprint density at radius 2 is 1.61 bits per heavy atom. The van der Waals surface area contributed by atoms with Crippen LogP contribution in [0, 0.1) is 11.8 Å². The molecule has 0 aromatic carbocycles. The van der Waals surface area contributed by atoms with E-state index in [0.29, 0.717) is 0 Å². The normalized spacial score (nSPS) is 21.6. The van der Waals surface area contributed by atoms with E-state index in [1.165, 1.54) is 83.1 Å². The Morgan fingerprint density at radius 3 is 2.30 bits per heavy atom. The van der Waals surface area contributed by atoms with Crippen molar-refractivity contribution in [1.29, 1.82) is 0 Å². The molecule has 1 aliphatic rings. The molecular formula is C21H36O2. The first-order valence-corrected chi connectivity index (χ1v) is 9.80. The van der Waals surface area contributed by atoms with Crippen molar-refractivity contribution in [3.05, 3.63) is 24.3 Å². The number of hydrogen-bond acceptors (Lipinski definition) is 1. The predicted octanol–water partition coefficient (Wildman–Crippen LogP) is 6.52. The Bertz CT molecular complexity index is 357. The maximum Gasteiger partial charge on any atom is 0.328 e. The molecule has 0 aliphatic heterocycles. The van der Waals surface area contributed by atoms with Gasteiger partial charge in [0.25, 0.3) is 0 Å². The maximum atomic E-state index is 10.3. The van der Waals surface area contributed by atoms with E-state index in [4.69, 9.17) is 5.11 Å². The summed E-state index contributed by atoms with van der Waals surface area (Å²) in [6.07, 6.45) is 24.7. The van der Waals surface area contributed by atoms with Crippen molar-refractivity contribution in [2.75, 3.05) is 0 Å². The molecule has 0 spiro atoms. The monoisotopic (exact) mass is 320 g/mol. The molecular weight excluding hydrogens is 284 g/mol. The Labute approximate surface area is 143 Å². The van der Waals surface area contributed by atoms with E-state index in [0.717, 1.165) is 18.3 Å². The van der Waals surface area contributed by atoms with Crippen molar-refractivity contribution in [2.45, 2.75) is 90.4 Å². The predicted molar refractivity (Wildman–Crippen MR) is 98.6 cm³/mol. The number of allylic oxidation sites excluding steroid dienone is 3. The summed E-state index contributed by atoms with van der Waals surface area (Å²) in [5.41, 5.74) is 0. The minimum Gasteiger partial charge on any atom is -0.478 e. The number of hydrogen-bond donors (Lipinski definition) is 1. The van der Waals surface area contributed by atoms with E-state index < -0.39 is 5.97 Å². The molecule has 1 saturated carbocycles. The van der Waals surface area contributed by atoms with Gasteiger partial charge in [-0.05, 0) is 31.1 Å². The maximum absolute atomic E-state index is 10.3. The molecule has 0 heterocycles. The van der Waals surface area contributed by atoms with Gasteiger partial charge in [0, 0.05) is 6.08 Å². The van der Waals surface area contributed by atoms with Gasteiger partial charge in [0.1, 0.15) is 0 Å². The first-order chi connectivity index (χ1) is 11.2. The molecule has 1 N–H and O–H groups in total. The van der Waals surface area contributed by atoms with Crippen molar-refractivity contribution in [2.24, 2.45) is 11.8 Å². The van der Waals surface area contributed by atoms with Gasteiger partial charge in [0.05, 0.1) is 0 Å². The van der Waals surface area contributed by atoms with Crippen LogP contribution in [-0.4, -0.2) is 11.1 Å². The number of carbonyl (C=O) groups is 1. The SMILES string of the molecule is CCCCCCCC[C@H]1CCC[C@@H]1CCC/C=C/C=CC(=O)O. The van der Waals surface area contributed by atoms with Crippen LogP contribution in [-0.2, 0) is 4.79 Å². The molecule has 0 amide bonds. The Balaban J connectivity index is 2.07. The third kappa shape index (κ3) is 10.4. The fraction of sp³-hybridized carbons (Fsp3) is 0.762. The molecule has 1 rings (SSSR count). The van der Waals surface area contributed by atoms with Gasteiger partial charge in [-0.2, -0.15) is 0 Å². The third-order valence-electron chi connectivity index (χ3n) is 5.18. The van der Waals surface area contributed by atoms with Crippen LogP contribution >= 0.6 is 0 Å². The van der Waals surface area contributed by atoms with Gasteiger partial charge in [-0.1, -0.05) is 89.4 Å². The molecule has 0 saturated heterocycles. The average Bonchev–Trinajstić information content (AvgIpc) is 2.97. The fourth-order valence-electron chi connectivity index (χ4n) is 3.87. The number of unbranched alkanes of at least 4 members (excludes halogenated alkanes) is 6. The lowest BCUT2D eigenvalue weighted by molar-refractivity contribution is -0.131. The van der Waals surface area contributed by atoms with Crippen molar-refractivity contribution < 1.29 is 9.90 Å². The summed E-state index contributed by atoms with van der Waals surface area (Å²) in [6.45, 7) is 2.28. The van der Waals surface area contributed by atoms with Crippen LogP contribution in [0.1, 0.15) is 90.4 Å². The molecule has 132 valence electrons. The molecule has 0 bridgehead atoms. The van der Waals surface area contributed by atoms with Gasteiger partial charge < -0.3 is 5.11 Å². The lowest BCUT2D eigenvalue weighted by atomic mass is 9.87. The summed E-state index contributed by atoms with van der Waals surface area (Å²) in [7, 11) is 0. The lowest BCUT2D eigenvalue weighted by Crippen LogP contribution is -2.07. The van der Waals surface area contributed by atoms with Crippen LogP contribution < -0.4 is 0 Å². The zero-order valence-electron chi connectivity index (χ0n) is 15.0. The molecule has 2 nitrogen and oxygen atoms in total. The van der Waals surface area contributed by atoms with Gasteiger partial charge in [-0.25, -0.2) is 4.79 Å². The van der Waals surface area contributed by atoms with E-state index in [1.807, 2.05) is 6.08 Å². The molecule has 0 unspecified atom stereocenters. The molecule has 2 heteroatoms. The quantitative estimate of drug-likeness (QED) is 0.238. The molecule has 0 aromatic rings. The second-order valence-corrected chi connectivity index (χ2v) is 7.06. The fourth-order valence-corrected chi connectivity index (χ4v) is 3.87. The van der Waals surface area contributed by atoms with Crippen molar-refractivity contribution >= 4 is 5.97 Å². The van der Waals surface area contributed by atoms with E-state index >= 15 is 0 Å². The zero-order valence-corrected chi connectivity index (χ0v) is 15.0. The minimum atomic E-state index is -0.877. The number of rotatable bonds is 13. The summed E-state index contributed by atoms with van der Waals surface area (Å²) in [6, 6.07) is 0. The molecule has 1 aliphatic carbocycles. The molecule has 1 fully saturated rings. The van der Waals surface area contributed by atoms with Gasteiger partial charge >= 0.3 is 5.97 Å². The van der Waals surface area contributed by atoms with Crippen molar-refractivity contribution in [3.8, 4) is 0 Å². The van der Waals surface area contributed by atoms with Crippen molar-refractivity contribution in [3.63, 3.8) is 0 Å². The first-order valence-electron chi connectivity index (χ1n) is 9.80. The van der Waals surface area contributed by atoms with E-state index in [2.05, 4.69) is 13.0 Å². The van der Waals surface area contributed by atoms with Crippen molar-refractivity contribution in [1.82, 2.24) is 0 Å². The van der Waals surface area contributed by atoms with Crippen LogP contribution in [0.5, 0.6) is 0 Å². The number of aliphatic carboxylic acids is 1. The van der Waals surface area contributed by atoms with Gasteiger partial charge in [0.15, 0.2) is 0 Å².